The van der Waals surface area contributed by atoms with Crippen LogP contribution in [0.2, 0.25) is 0 Å². The molecule has 6 heteroatoms. The maximum absolute atomic E-state index is 10.4. The van der Waals surface area contributed by atoms with Crippen molar-refractivity contribution in [2.45, 2.75) is 25.4 Å². The molecule has 0 spiro atoms. The van der Waals surface area contributed by atoms with Gasteiger partial charge in [0, 0.05) is 12.7 Å². The number of aromatic nitrogens is 2. The second-order valence-electron chi connectivity index (χ2n) is 2.15. The van der Waals surface area contributed by atoms with Crippen LogP contribution in [0.4, 0.5) is 0 Å². The van der Waals surface area contributed by atoms with Crippen molar-refractivity contribution in [3.05, 3.63) is 12.0 Å². The van der Waals surface area contributed by atoms with E-state index in [0.717, 1.165) is 12.4 Å². The van der Waals surface area contributed by atoms with Gasteiger partial charge in [0.15, 0.2) is 0 Å². The Labute approximate surface area is 96.0 Å². The van der Waals surface area contributed by atoms with Crippen molar-refractivity contribution in [3.63, 3.8) is 0 Å². The van der Waals surface area contributed by atoms with Crippen LogP contribution >= 0.6 is 0 Å². The zero-order chi connectivity index (χ0) is 8.43. The molecule has 1 unspecified atom stereocenters. The molecule has 0 amide bonds. The minimum atomic E-state index is -2.20. The Hall–Kier alpha value is 0.320. The summed E-state index contributed by atoms with van der Waals surface area (Å²) in [5, 5.41) is 0.115. The minimum Gasteiger partial charge on any atom is -0.767 e. The van der Waals surface area contributed by atoms with Crippen molar-refractivity contribution in [3.8, 4) is 0 Å². The van der Waals surface area contributed by atoms with E-state index in [1.54, 1.807) is 11.5 Å². The molecular weight excluding hydrogens is 187 g/mol. The Bertz CT molecular complexity index is 287. The molecule has 1 aromatic heterocycles. The van der Waals surface area contributed by atoms with Crippen molar-refractivity contribution in [1.82, 2.24) is 9.55 Å². The van der Waals surface area contributed by atoms with Crippen molar-refractivity contribution >= 4 is 11.1 Å². The van der Waals surface area contributed by atoms with Crippen LogP contribution in [0.25, 0.3) is 0 Å². The Morgan fingerprint density at radius 1 is 1.75 bits per heavy atom. The molecule has 0 radical (unpaired) electrons. The fourth-order valence-corrected chi connectivity index (χ4v) is 1.30. The van der Waals surface area contributed by atoms with Gasteiger partial charge in [0.25, 0.3) is 0 Å². The minimum absolute atomic E-state index is 0. The van der Waals surface area contributed by atoms with E-state index in [9.17, 15) is 8.76 Å². The van der Waals surface area contributed by atoms with Crippen LogP contribution in [0.1, 0.15) is 12.7 Å². The molecule has 0 aliphatic heterocycles. The molecule has 1 atom stereocenters. The third-order valence-electron chi connectivity index (χ3n) is 1.47. The average molecular weight is 196 g/mol. The Kier molecular flexibility index (Phi) is 5.27. The number of rotatable bonds is 2. The summed E-state index contributed by atoms with van der Waals surface area (Å²) in [5.74, 6) is 0.728. The summed E-state index contributed by atoms with van der Waals surface area (Å²) in [6, 6.07) is 0. The second kappa shape index (κ2) is 5.14. The first-order valence-electron chi connectivity index (χ1n) is 3.28. The van der Waals surface area contributed by atoms with E-state index in [1.807, 2.05) is 6.92 Å². The predicted molar refractivity (Wildman–Crippen MR) is 39.8 cm³/mol. The smallest absolute Gasteiger partial charge is 0.767 e. The van der Waals surface area contributed by atoms with Crippen molar-refractivity contribution < 1.29 is 38.3 Å². The molecule has 1 aromatic rings. The molecule has 0 N–H and O–H groups in total. The zero-order valence-corrected chi connectivity index (χ0v) is 10.2. The fourth-order valence-electron chi connectivity index (χ4n) is 0.880. The Balaban J connectivity index is 0.00000121. The van der Waals surface area contributed by atoms with Gasteiger partial charge in [0.2, 0.25) is 0 Å². The molecular formula is C6H9N2NaO2S. The van der Waals surface area contributed by atoms with Crippen LogP contribution in [0.15, 0.2) is 11.2 Å². The topological polar surface area (TPSA) is 58.0 Å². The van der Waals surface area contributed by atoms with Crippen LogP contribution in [0.3, 0.4) is 0 Å². The SMILES string of the molecule is CCn1cc(S(=O)[O-])nc1C.[Na+]. The van der Waals surface area contributed by atoms with Gasteiger partial charge in [-0.05, 0) is 24.9 Å². The molecule has 0 bridgehead atoms. The van der Waals surface area contributed by atoms with Crippen molar-refractivity contribution in [2.75, 3.05) is 0 Å². The summed E-state index contributed by atoms with van der Waals surface area (Å²) >= 11 is -2.20. The quantitative estimate of drug-likeness (QED) is 0.386. The molecule has 4 nitrogen and oxygen atoms in total. The standard InChI is InChI=1S/C6H10N2O2S.Na/c1-3-8-4-6(11(9)10)7-5(8)2;/h4H,3H2,1-2H3,(H,9,10);/q;+1/p-1. The second-order valence-corrected chi connectivity index (χ2v) is 3.03. The summed E-state index contributed by atoms with van der Waals surface area (Å²) in [6.45, 7) is 4.46. The van der Waals surface area contributed by atoms with Crippen LogP contribution in [0.5, 0.6) is 0 Å². The van der Waals surface area contributed by atoms with E-state index in [4.69, 9.17) is 0 Å². The third-order valence-corrected chi connectivity index (χ3v) is 2.00. The average Bonchev–Trinajstić information content (AvgIpc) is 2.31. The maximum atomic E-state index is 10.4. The number of nitrogens with zero attached hydrogens (tertiary/aromatic N) is 2. The van der Waals surface area contributed by atoms with E-state index in [-0.39, 0.29) is 34.6 Å². The van der Waals surface area contributed by atoms with Gasteiger partial charge in [-0.15, -0.1) is 0 Å². The zero-order valence-electron chi connectivity index (χ0n) is 7.40. The first-order valence-corrected chi connectivity index (χ1v) is 4.35. The normalized spacial score (nSPS) is 12.2. The van der Waals surface area contributed by atoms with Gasteiger partial charge in [0.05, 0.1) is 0 Å². The molecule has 0 fully saturated rings. The van der Waals surface area contributed by atoms with E-state index in [1.165, 1.54) is 6.20 Å². The van der Waals surface area contributed by atoms with Gasteiger partial charge < -0.3 is 9.12 Å². The van der Waals surface area contributed by atoms with Gasteiger partial charge in [-0.3, -0.25) is 4.21 Å². The Morgan fingerprint density at radius 2 is 2.33 bits per heavy atom. The first kappa shape index (κ1) is 12.3. The van der Waals surface area contributed by atoms with Crippen LogP contribution in [0, 0.1) is 6.92 Å². The van der Waals surface area contributed by atoms with Crippen LogP contribution < -0.4 is 29.6 Å². The number of hydrogen-bond donors (Lipinski definition) is 0. The van der Waals surface area contributed by atoms with Gasteiger partial charge in [-0.2, -0.15) is 0 Å². The summed E-state index contributed by atoms with van der Waals surface area (Å²) in [7, 11) is 0. The molecule has 0 saturated heterocycles. The van der Waals surface area contributed by atoms with E-state index in [0.29, 0.717) is 0 Å². The van der Waals surface area contributed by atoms with Gasteiger partial charge in [-0.25, -0.2) is 4.98 Å². The monoisotopic (exact) mass is 196 g/mol. The number of hydrogen-bond acceptors (Lipinski definition) is 3. The van der Waals surface area contributed by atoms with Crippen LogP contribution in [-0.4, -0.2) is 18.3 Å². The number of imidazole rings is 1. The molecule has 1 heterocycles. The van der Waals surface area contributed by atoms with E-state index >= 15 is 0 Å². The molecule has 0 aliphatic rings. The van der Waals surface area contributed by atoms with E-state index in [2.05, 4.69) is 4.98 Å². The van der Waals surface area contributed by atoms with E-state index < -0.39 is 11.1 Å². The molecule has 0 saturated carbocycles. The summed E-state index contributed by atoms with van der Waals surface area (Å²) < 4.78 is 22.6. The molecule has 0 aromatic carbocycles. The van der Waals surface area contributed by atoms with Gasteiger partial charge in [-0.1, -0.05) is 0 Å². The Morgan fingerprint density at radius 3 is 2.58 bits per heavy atom. The largest absolute Gasteiger partial charge is 1.00 e. The van der Waals surface area contributed by atoms with Crippen molar-refractivity contribution in [1.29, 1.82) is 0 Å². The van der Waals surface area contributed by atoms with Crippen molar-refractivity contribution in [2.24, 2.45) is 0 Å². The predicted octanol–water partition coefficient (Wildman–Crippen LogP) is -2.55. The maximum Gasteiger partial charge on any atom is 1.00 e. The number of aryl methyl sites for hydroxylation is 2. The fraction of sp³-hybridized carbons (Fsp3) is 0.500. The molecule has 12 heavy (non-hydrogen) atoms. The summed E-state index contributed by atoms with van der Waals surface area (Å²) in [6.07, 6.45) is 1.53. The summed E-state index contributed by atoms with van der Waals surface area (Å²) in [5.41, 5.74) is 0. The molecule has 1 rings (SSSR count). The van der Waals surface area contributed by atoms with Crippen LogP contribution in [-0.2, 0) is 17.6 Å². The van der Waals surface area contributed by atoms with Gasteiger partial charge >= 0.3 is 29.6 Å². The molecule has 0 aliphatic carbocycles. The van der Waals surface area contributed by atoms with Gasteiger partial charge in [0.1, 0.15) is 10.9 Å². The molecule has 62 valence electrons. The first-order chi connectivity index (χ1) is 5.15. The third kappa shape index (κ3) is 2.67. The summed E-state index contributed by atoms with van der Waals surface area (Å²) in [4.78, 5) is 3.83.